The summed E-state index contributed by atoms with van der Waals surface area (Å²) in [5.74, 6) is -1.60. The van der Waals surface area contributed by atoms with Crippen molar-refractivity contribution in [2.24, 2.45) is 0 Å². The molecule has 84 valence electrons. The van der Waals surface area contributed by atoms with E-state index in [1.807, 2.05) is 0 Å². The second kappa shape index (κ2) is 3.46. The van der Waals surface area contributed by atoms with Crippen LogP contribution in [0.15, 0.2) is 23.1 Å². The van der Waals surface area contributed by atoms with Crippen molar-refractivity contribution in [1.29, 1.82) is 0 Å². The molecule has 1 aromatic rings. The molecule has 1 rings (SSSR count). The summed E-state index contributed by atoms with van der Waals surface area (Å²) in [5.41, 5.74) is -1.74. The third kappa shape index (κ3) is 2.66. The van der Waals surface area contributed by atoms with E-state index in [4.69, 9.17) is 4.55 Å². The average molecular weight is 244 g/mol. The average Bonchev–Trinajstić information content (AvgIpc) is 2.00. The molecule has 0 spiro atoms. The van der Waals surface area contributed by atoms with Gasteiger partial charge in [0.1, 0.15) is 5.82 Å². The Morgan fingerprint density at radius 2 is 1.73 bits per heavy atom. The Kier molecular flexibility index (Phi) is 2.75. The van der Waals surface area contributed by atoms with Crippen LogP contribution in [-0.2, 0) is 16.3 Å². The summed E-state index contributed by atoms with van der Waals surface area (Å²) < 4.78 is 78.4. The molecule has 0 radical (unpaired) electrons. The molecule has 0 aliphatic rings. The monoisotopic (exact) mass is 244 g/mol. The minimum Gasteiger partial charge on any atom is -0.282 e. The second-order valence-electron chi connectivity index (χ2n) is 2.61. The Morgan fingerprint density at radius 3 is 2.13 bits per heavy atom. The Bertz CT molecular complexity index is 477. The molecule has 1 aromatic carbocycles. The number of hydrogen-bond acceptors (Lipinski definition) is 2. The maximum atomic E-state index is 12.7. The number of hydrogen-bond donors (Lipinski definition) is 1. The molecule has 0 amide bonds. The van der Waals surface area contributed by atoms with Crippen LogP contribution in [0.1, 0.15) is 5.56 Å². The van der Waals surface area contributed by atoms with Crippen LogP contribution < -0.4 is 0 Å². The number of halogens is 4. The molecular weight excluding hydrogens is 240 g/mol. The van der Waals surface area contributed by atoms with E-state index in [0.29, 0.717) is 12.1 Å². The van der Waals surface area contributed by atoms with Gasteiger partial charge in [0.05, 0.1) is 10.5 Å². The molecule has 0 bridgehead atoms. The highest BCUT2D eigenvalue weighted by Crippen LogP contribution is 2.32. The maximum Gasteiger partial charge on any atom is 0.419 e. The predicted molar refractivity (Wildman–Crippen MR) is 41.2 cm³/mol. The highest BCUT2D eigenvalue weighted by Gasteiger charge is 2.35. The number of rotatable bonds is 1. The first-order valence-electron chi connectivity index (χ1n) is 3.46. The van der Waals surface area contributed by atoms with Gasteiger partial charge in [-0.3, -0.25) is 4.55 Å². The van der Waals surface area contributed by atoms with Gasteiger partial charge in [0.15, 0.2) is 0 Å². The van der Waals surface area contributed by atoms with Crippen LogP contribution in [0, 0.1) is 5.82 Å². The molecule has 0 heterocycles. The summed E-state index contributed by atoms with van der Waals surface area (Å²) in [6.07, 6.45) is -5.01. The molecule has 1 N–H and O–H groups in total. The van der Waals surface area contributed by atoms with Crippen molar-refractivity contribution < 1.29 is 30.5 Å². The largest absolute Gasteiger partial charge is 0.419 e. The molecule has 0 aliphatic heterocycles. The number of alkyl halides is 3. The maximum absolute atomic E-state index is 12.7. The van der Waals surface area contributed by atoms with Crippen LogP contribution in [0.25, 0.3) is 0 Å². The van der Waals surface area contributed by atoms with E-state index >= 15 is 0 Å². The van der Waals surface area contributed by atoms with Crippen LogP contribution in [0.4, 0.5) is 17.6 Å². The fourth-order valence-corrected chi connectivity index (χ4v) is 1.39. The highest BCUT2D eigenvalue weighted by molar-refractivity contribution is 7.85. The molecule has 8 heteroatoms. The Balaban J connectivity index is 3.43. The van der Waals surface area contributed by atoms with E-state index in [1.54, 1.807) is 0 Å². The van der Waals surface area contributed by atoms with E-state index in [0.717, 1.165) is 0 Å². The van der Waals surface area contributed by atoms with Gasteiger partial charge < -0.3 is 0 Å². The number of benzene rings is 1. The van der Waals surface area contributed by atoms with Gasteiger partial charge in [0, 0.05) is 0 Å². The van der Waals surface area contributed by atoms with Crippen LogP contribution in [0.5, 0.6) is 0 Å². The van der Waals surface area contributed by atoms with Gasteiger partial charge in [0.2, 0.25) is 0 Å². The van der Waals surface area contributed by atoms with Crippen molar-refractivity contribution in [2.45, 2.75) is 11.1 Å². The van der Waals surface area contributed by atoms with E-state index in [9.17, 15) is 26.0 Å². The van der Waals surface area contributed by atoms with Crippen molar-refractivity contribution in [3.8, 4) is 0 Å². The molecule has 0 saturated carbocycles. The van der Waals surface area contributed by atoms with Crippen molar-refractivity contribution >= 4 is 10.1 Å². The SMILES string of the molecule is O=S(=O)(O)c1ccc(F)c(C(F)(F)F)c1. The molecule has 0 aromatic heterocycles. The second-order valence-corrected chi connectivity index (χ2v) is 4.04. The van der Waals surface area contributed by atoms with E-state index < -0.39 is 32.6 Å². The van der Waals surface area contributed by atoms with Crippen molar-refractivity contribution in [1.82, 2.24) is 0 Å². The summed E-state index contributed by atoms with van der Waals surface area (Å²) in [4.78, 5) is -1.00. The van der Waals surface area contributed by atoms with Crippen LogP contribution in [0.2, 0.25) is 0 Å². The molecule has 0 fully saturated rings. The van der Waals surface area contributed by atoms with Crippen LogP contribution in [0.3, 0.4) is 0 Å². The molecule has 15 heavy (non-hydrogen) atoms. The first-order valence-corrected chi connectivity index (χ1v) is 4.90. The molecule has 3 nitrogen and oxygen atoms in total. The Hall–Kier alpha value is -1.15. The molecule has 0 saturated heterocycles. The zero-order valence-electron chi connectivity index (χ0n) is 6.92. The van der Waals surface area contributed by atoms with Gasteiger partial charge in [-0.05, 0) is 18.2 Å². The van der Waals surface area contributed by atoms with Gasteiger partial charge in [0.25, 0.3) is 10.1 Å². The van der Waals surface area contributed by atoms with E-state index in [1.165, 1.54) is 0 Å². The predicted octanol–water partition coefficient (Wildman–Crippen LogP) is 2.09. The summed E-state index contributed by atoms with van der Waals surface area (Å²) >= 11 is 0. The molecule has 0 atom stereocenters. The lowest BCUT2D eigenvalue weighted by Crippen LogP contribution is -2.10. The van der Waals surface area contributed by atoms with Crippen LogP contribution >= 0.6 is 0 Å². The van der Waals surface area contributed by atoms with E-state index in [2.05, 4.69) is 0 Å². The molecule has 0 unspecified atom stereocenters. The van der Waals surface area contributed by atoms with Gasteiger partial charge in [-0.25, -0.2) is 4.39 Å². The third-order valence-corrected chi connectivity index (χ3v) is 2.39. The standard InChI is InChI=1S/C7H4F4O3S/c8-6-2-1-4(15(12,13)14)3-5(6)7(9,10)11/h1-3H,(H,12,13,14). The smallest absolute Gasteiger partial charge is 0.282 e. The minimum atomic E-state index is -5.01. The lowest BCUT2D eigenvalue weighted by atomic mass is 10.2. The lowest BCUT2D eigenvalue weighted by Gasteiger charge is -2.08. The van der Waals surface area contributed by atoms with Crippen molar-refractivity contribution in [3.63, 3.8) is 0 Å². The molecular formula is C7H4F4O3S. The summed E-state index contributed by atoms with van der Waals surface area (Å²) in [6, 6.07) is 0.899. The zero-order valence-corrected chi connectivity index (χ0v) is 7.73. The fourth-order valence-electron chi connectivity index (χ4n) is 0.882. The van der Waals surface area contributed by atoms with Crippen LogP contribution in [-0.4, -0.2) is 13.0 Å². The summed E-state index contributed by atoms with van der Waals surface area (Å²) in [7, 11) is -4.77. The van der Waals surface area contributed by atoms with Gasteiger partial charge >= 0.3 is 6.18 Å². The Morgan fingerprint density at radius 1 is 1.20 bits per heavy atom. The highest BCUT2D eigenvalue weighted by atomic mass is 32.2. The normalized spacial score (nSPS) is 12.9. The van der Waals surface area contributed by atoms with E-state index in [-0.39, 0.29) is 6.07 Å². The summed E-state index contributed by atoms with van der Waals surface area (Å²) in [6.45, 7) is 0. The van der Waals surface area contributed by atoms with Gasteiger partial charge in [-0.2, -0.15) is 21.6 Å². The quantitative estimate of drug-likeness (QED) is 0.608. The first-order chi connectivity index (χ1) is 6.62. The summed E-state index contributed by atoms with van der Waals surface area (Å²) in [5, 5.41) is 0. The molecule has 0 aliphatic carbocycles. The van der Waals surface area contributed by atoms with Crippen molar-refractivity contribution in [3.05, 3.63) is 29.6 Å². The Labute approximate surface area is 82.1 Å². The first kappa shape index (κ1) is 11.9. The van der Waals surface area contributed by atoms with Gasteiger partial charge in [-0.1, -0.05) is 0 Å². The lowest BCUT2D eigenvalue weighted by molar-refractivity contribution is -0.140. The zero-order chi connectivity index (χ0) is 11.9. The van der Waals surface area contributed by atoms with Crippen molar-refractivity contribution in [2.75, 3.05) is 0 Å². The fraction of sp³-hybridized carbons (Fsp3) is 0.143. The topological polar surface area (TPSA) is 54.4 Å². The minimum absolute atomic E-state index is 0.0324. The third-order valence-electron chi connectivity index (χ3n) is 1.54. The van der Waals surface area contributed by atoms with Gasteiger partial charge in [-0.15, -0.1) is 0 Å².